The Hall–Kier alpha value is -1.12. The molecule has 0 saturated carbocycles. The van der Waals surface area contributed by atoms with E-state index < -0.39 is 0 Å². The van der Waals surface area contributed by atoms with E-state index in [-0.39, 0.29) is 5.82 Å². The minimum Gasteiger partial charge on any atom is -0.382 e. The third-order valence-corrected chi connectivity index (χ3v) is 2.78. The van der Waals surface area contributed by atoms with Crippen molar-refractivity contribution in [2.45, 2.75) is 0 Å². The second-order valence-corrected chi connectivity index (χ2v) is 4.09. The van der Waals surface area contributed by atoms with E-state index in [2.05, 4.69) is 21.2 Å². The summed E-state index contributed by atoms with van der Waals surface area (Å²) in [5.41, 5.74) is 5.52. The van der Waals surface area contributed by atoms with Crippen molar-refractivity contribution >= 4 is 35.0 Å². The Bertz CT molecular complexity index is 364. The van der Waals surface area contributed by atoms with Gasteiger partial charge in [-0.25, -0.2) is 9.97 Å². The molecule has 4 nitrogen and oxygen atoms in total. The first-order valence-corrected chi connectivity index (χ1v) is 5.80. The first kappa shape index (κ1) is 12.0. The predicted molar refractivity (Wildman–Crippen MR) is 66.1 cm³/mol. The van der Waals surface area contributed by atoms with Crippen molar-refractivity contribution in [2.75, 3.05) is 29.1 Å². The summed E-state index contributed by atoms with van der Waals surface area (Å²) in [4.78, 5) is 7.73. The SMILES string of the molecule is C#CCSCCNc1ncnc(N)c1Cl. The van der Waals surface area contributed by atoms with Crippen molar-refractivity contribution in [1.82, 2.24) is 9.97 Å². The number of hydrogen-bond donors (Lipinski definition) is 2. The molecule has 1 aromatic rings. The van der Waals surface area contributed by atoms with Gasteiger partial charge in [0.15, 0.2) is 0 Å². The lowest BCUT2D eigenvalue weighted by atomic mass is 10.5. The number of nitrogens with two attached hydrogens (primary N) is 1. The summed E-state index contributed by atoms with van der Waals surface area (Å²) in [5.74, 6) is 5.00. The van der Waals surface area contributed by atoms with Gasteiger partial charge in [0.05, 0.1) is 5.75 Å². The maximum Gasteiger partial charge on any atom is 0.150 e. The van der Waals surface area contributed by atoms with Gasteiger partial charge < -0.3 is 11.1 Å². The van der Waals surface area contributed by atoms with Crippen LogP contribution >= 0.6 is 23.4 Å². The van der Waals surface area contributed by atoms with Crippen LogP contribution < -0.4 is 11.1 Å². The smallest absolute Gasteiger partial charge is 0.150 e. The fourth-order valence-corrected chi connectivity index (χ4v) is 1.55. The molecule has 0 bridgehead atoms. The molecule has 1 rings (SSSR count). The van der Waals surface area contributed by atoms with E-state index in [1.807, 2.05) is 0 Å². The maximum absolute atomic E-state index is 5.88. The Labute approximate surface area is 98.0 Å². The zero-order chi connectivity index (χ0) is 11.1. The molecular weight excluding hydrogens is 232 g/mol. The van der Waals surface area contributed by atoms with E-state index in [9.17, 15) is 0 Å². The molecule has 15 heavy (non-hydrogen) atoms. The Balaban J connectivity index is 2.38. The molecule has 0 spiro atoms. The molecule has 0 aromatic carbocycles. The van der Waals surface area contributed by atoms with Gasteiger partial charge in [-0.15, -0.1) is 18.2 Å². The summed E-state index contributed by atoms with van der Waals surface area (Å²) in [6.07, 6.45) is 6.49. The fraction of sp³-hybridized carbons (Fsp3) is 0.333. The normalized spacial score (nSPS) is 9.60. The molecule has 0 fully saturated rings. The topological polar surface area (TPSA) is 63.8 Å². The van der Waals surface area contributed by atoms with Crippen LogP contribution in [0.4, 0.5) is 11.6 Å². The van der Waals surface area contributed by atoms with Crippen molar-refractivity contribution in [3.05, 3.63) is 11.3 Å². The van der Waals surface area contributed by atoms with Gasteiger partial charge in [-0.3, -0.25) is 0 Å². The molecule has 3 N–H and O–H groups in total. The Morgan fingerprint density at radius 2 is 2.40 bits per heavy atom. The molecule has 6 heteroatoms. The number of aromatic nitrogens is 2. The molecule has 0 amide bonds. The van der Waals surface area contributed by atoms with Crippen LogP contribution in [0, 0.1) is 12.3 Å². The van der Waals surface area contributed by atoms with E-state index in [0.717, 1.165) is 12.3 Å². The number of rotatable bonds is 5. The van der Waals surface area contributed by atoms with Crippen molar-refractivity contribution in [2.24, 2.45) is 0 Å². The lowest BCUT2D eigenvalue weighted by Crippen LogP contribution is -2.07. The number of nitrogen functional groups attached to an aromatic ring is 1. The molecule has 1 aromatic heterocycles. The van der Waals surface area contributed by atoms with Crippen molar-refractivity contribution in [1.29, 1.82) is 0 Å². The van der Waals surface area contributed by atoms with Gasteiger partial charge in [-0.05, 0) is 0 Å². The number of nitrogens with one attached hydrogen (secondary N) is 1. The van der Waals surface area contributed by atoms with Gasteiger partial charge in [0.1, 0.15) is 23.0 Å². The molecule has 0 atom stereocenters. The molecule has 80 valence electrons. The van der Waals surface area contributed by atoms with Crippen LogP contribution in [0.2, 0.25) is 5.02 Å². The lowest BCUT2D eigenvalue weighted by molar-refractivity contribution is 1.12. The number of nitrogens with zero attached hydrogens (tertiary/aromatic N) is 2. The van der Waals surface area contributed by atoms with Gasteiger partial charge in [-0.1, -0.05) is 17.5 Å². The van der Waals surface area contributed by atoms with Gasteiger partial charge in [0.25, 0.3) is 0 Å². The fourth-order valence-electron chi connectivity index (χ4n) is 0.879. The average Bonchev–Trinajstić information content (AvgIpc) is 2.24. The molecule has 0 saturated heterocycles. The Morgan fingerprint density at radius 3 is 3.13 bits per heavy atom. The van der Waals surface area contributed by atoms with Crippen LogP contribution in [-0.2, 0) is 0 Å². The molecule has 0 aliphatic carbocycles. The summed E-state index contributed by atoms with van der Waals surface area (Å²) in [5, 5.41) is 3.42. The van der Waals surface area contributed by atoms with Gasteiger partial charge in [0, 0.05) is 12.3 Å². The van der Waals surface area contributed by atoms with Crippen molar-refractivity contribution in [3.8, 4) is 12.3 Å². The summed E-state index contributed by atoms with van der Waals surface area (Å²) in [6, 6.07) is 0. The van der Waals surface area contributed by atoms with Crippen molar-refractivity contribution in [3.63, 3.8) is 0 Å². The minimum absolute atomic E-state index is 0.283. The van der Waals surface area contributed by atoms with E-state index in [4.69, 9.17) is 23.8 Å². The van der Waals surface area contributed by atoms with Crippen LogP contribution in [0.5, 0.6) is 0 Å². The minimum atomic E-state index is 0.283. The third kappa shape index (κ3) is 3.86. The van der Waals surface area contributed by atoms with Gasteiger partial charge >= 0.3 is 0 Å². The molecule has 0 radical (unpaired) electrons. The maximum atomic E-state index is 5.88. The lowest BCUT2D eigenvalue weighted by Gasteiger charge is -2.06. The molecular formula is C9H11ClN4S. The first-order chi connectivity index (χ1) is 7.25. The van der Waals surface area contributed by atoms with Crippen LogP contribution in [0.1, 0.15) is 0 Å². The highest BCUT2D eigenvalue weighted by molar-refractivity contribution is 7.99. The number of thioether (sulfide) groups is 1. The molecule has 0 aliphatic heterocycles. The van der Waals surface area contributed by atoms with Gasteiger partial charge in [0.2, 0.25) is 0 Å². The zero-order valence-electron chi connectivity index (χ0n) is 8.03. The first-order valence-electron chi connectivity index (χ1n) is 4.26. The number of hydrogen-bond acceptors (Lipinski definition) is 5. The number of halogens is 1. The highest BCUT2D eigenvalue weighted by atomic mass is 35.5. The average molecular weight is 243 g/mol. The zero-order valence-corrected chi connectivity index (χ0v) is 9.61. The summed E-state index contributed by atoms with van der Waals surface area (Å²) >= 11 is 7.55. The van der Waals surface area contributed by atoms with Crippen LogP contribution in [-0.4, -0.2) is 28.0 Å². The monoisotopic (exact) mass is 242 g/mol. The predicted octanol–water partition coefficient (Wildman–Crippen LogP) is 1.49. The van der Waals surface area contributed by atoms with E-state index in [1.165, 1.54) is 6.33 Å². The molecule has 1 heterocycles. The Kier molecular flexibility index (Phi) is 5.08. The van der Waals surface area contributed by atoms with Crippen LogP contribution in [0.25, 0.3) is 0 Å². The van der Waals surface area contributed by atoms with Gasteiger partial charge in [-0.2, -0.15) is 0 Å². The largest absolute Gasteiger partial charge is 0.382 e. The van der Waals surface area contributed by atoms with Crippen molar-refractivity contribution < 1.29 is 0 Å². The van der Waals surface area contributed by atoms with Crippen LogP contribution in [0.3, 0.4) is 0 Å². The molecule has 0 unspecified atom stereocenters. The van der Waals surface area contributed by atoms with Crippen LogP contribution in [0.15, 0.2) is 6.33 Å². The summed E-state index contributed by atoms with van der Waals surface area (Å²) in [7, 11) is 0. The standard InChI is InChI=1S/C9H11ClN4S/c1-2-4-15-5-3-12-9-7(10)8(11)13-6-14-9/h1,6H,3-5H2,(H3,11,12,13,14). The summed E-state index contributed by atoms with van der Waals surface area (Å²) in [6.45, 7) is 0.739. The Morgan fingerprint density at radius 1 is 1.60 bits per heavy atom. The quantitative estimate of drug-likeness (QED) is 0.605. The summed E-state index contributed by atoms with van der Waals surface area (Å²) < 4.78 is 0. The second kappa shape index (κ2) is 6.38. The van der Waals surface area contributed by atoms with E-state index in [1.54, 1.807) is 11.8 Å². The second-order valence-electron chi connectivity index (χ2n) is 2.60. The molecule has 0 aliphatic rings. The highest BCUT2D eigenvalue weighted by Crippen LogP contribution is 2.22. The highest BCUT2D eigenvalue weighted by Gasteiger charge is 2.04. The number of anilines is 2. The van der Waals surface area contributed by atoms with E-state index in [0.29, 0.717) is 16.6 Å². The third-order valence-electron chi connectivity index (χ3n) is 1.54. The number of terminal acetylenes is 1. The van der Waals surface area contributed by atoms with E-state index >= 15 is 0 Å².